The van der Waals surface area contributed by atoms with Gasteiger partial charge >= 0.3 is 0 Å². The first kappa shape index (κ1) is 11.4. The number of ketones is 1. The number of carbonyl (C=O) groups excluding carboxylic acids is 1. The molecule has 19 heavy (non-hydrogen) atoms. The Morgan fingerprint density at radius 1 is 1.26 bits per heavy atom. The Morgan fingerprint density at radius 3 is 2.68 bits per heavy atom. The minimum Gasteiger partial charge on any atom is -0.316 e. The summed E-state index contributed by atoms with van der Waals surface area (Å²) in [6.07, 6.45) is 3.11. The molecule has 1 N–H and O–H groups in total. The normalized spacial score (nSPS) is 10.8. The van der Waals surface area contributed by atoms with Gasteiger partial charge in [0.1, 0.15) is 17.0 Å². The number of imidazole rings is 1. The topological polar surface area (TPSA) is 67.2 Å². The molecule has 0 saturated carbocycles. The molecule has 3 aromatic rings. The second-order valence-electron chi connectivity index (χ2n) is 4.26. The molecule has 0 atom stereocenters. The number of carbonyl (C=O) groups is 1. The highest BCUT2D eigenvalue weighted by Gasteiger charge is 2.11. The highest BCUT2D eigenvalue weighted by Crippen LogP contribution is 2.17. The molecule has 0 saturated heterocycles. The Morgan fingerprint density at radius 2 is 2.00 bits per heavy atom. The Kier molecular flexibility index (Phi) is 2.52. The van der Waals surface area contributed by atoms with E-state index in [1.54, 1.807) is 10.6 Å². The average molecular weight is 253 g/mol. The zero-order chi connectivity index (χ0) is 13.4. The second kappa shape index (κ2) is 4.20. The lowest BCUT2D eigenvalue weighted by atomic mass is 10.2. The fraction of sp³-hybridized carbons (Fsp3) is 0.0714. The number of Topliss-reactive ketones (excluding diaryl/α,β-unsaturated/α-hetero) is 1. The van der Waals surface area contributed by atoms with Crippen LogP contribution >= 0.6 is 0 Å². The zero-order valence-corrected chi connectivity index (χ0v) is 10.3. The van der Waals surface area contributed by atoms with Gasteiger partial charge in [-0.3, -0.25) is 14.0 Å². The smallest absolute Gasteiger partial charge is 0.274 e. The van der Waals surface area contributed by atoms with E-state index in [0.29, 0.717) is 11.3 Å². The van der Waals surface area contributed by atoms with Crippen LogP contribution in [0.15, 0.2) is 47.5 Å². The molecule has 5 nitrogen and oxygen atoms in total. The SMILES string of the molecule is CC(=O)c1cn2c(-c3ccccc3)ncc2c(=O)[nH]1. The second-order valence-corrected chi connectivity index (χ2v) is 4.26. The van der Waals surface area contributed by atoms with Gasteiger partial charge in [-0.1, -0.05) is 30.3 Å². The van der Waals surface area contributed by atoms with E-state index in [1.807, 2.05) is 30.3 Å². The molecular weight excluding hydrogens is 242 g/mol. The van der Waals surface area contributed by atoms with Crippen LogP contribution in [0.4, 0.5) is 0 Å². The molecule has 2 heterocycles. The van der Waals surface area contributed by atoms with Crippen molar-refractivity contribution in [3.63, 3.8) is 0 Å². The number of aromatic amines is 1. The molecule has 94 valence electrons. The molecule has 0 bridgehead atoms. The van der Waals surface area contributed by atoms with E-state index < -0.39 is 0 Å². The summed E-state index contributed by atoms with van der Waals surface area (Å²) in [6.45, 7) is 1.41. The van der Waals surface area contributed by atoms with Gasteiger partial charge in [-0.2, -0.15) is 0 Å². The molecule has 0 aliphatic heterocycles. The maximum atomic E-state index is 11.9. The number of aromatic nitrogens is 3. The van der Waals surface area contributed by atoms with Crippen LogP contribution in [0.2, 0.25) is 0 Å². The standard InChI is InChI=1S/C14H11N3O2/c1-9(18)11-8-17-12(14(19)16-11)7-15-13(17)10-5-3-2-4-6-10/h2-8H,1H3,(H,16,19). The highest BCUT2D eigenvalue weighted by molar-refractivity contribution is 5.92. The van der Waals surface area contributed by atoms with Crippen LogP contribution < -0.4 is 5.56 Å². The van der Waals surface area contributed by atoms with Crippen LogP contribution in [-0.2, 0) is 0 Å². The predicted molar refractivity (Wildman–Crippen MR) is 71.3 cm³/mol. The summed E-state index contributed by atoms with van der Waals surface area (Å²) in [7, 11) is 0. The molecule has 0 aliphatic carbocycles. The first-order valence-corrected chi connectivity index (χ1v) is 5.83. The molecule has 0 fully saturated rings. The number of nitrogens with one attached hydrogen (secondary N) is 1. The number of fused-ring (bicyclic) bond motifs is 1. The van der Waals surface area contributed by atoms with Gasteiger partial charge < -0.3 is 4.98 Å². The first-order chi connectivity index (χ1) is 9.16. The van der Waals surface area contributed by atoms with Crippen molar-refractivity contribution in [2.75, 3.05) is 0 Å². The van der Waals surface area contributed by atoms with Gasteiger partial charge in [-0.25, -0.2) is 4.98 Å². The Balaban J connectivity index is 2.34. The third kappa shape index (κ3) is 1.85. The van der Waals surface area contributed by atoms with Crippen molar-refractivity contribution in [2.24, 2.45) is 0 Å². The highest BCUT2D eigenvalue weighted by atomic mass is 16.1. The van der Waals surface area contributed by atoms with Crippen molar-refractivity contribution in [1.29, 1.82) is 0 Å². The molecule has 0 unspecified atom stereocenters. The van der Waals surface area contributed by atoms with E-state index in [1.165, 1.54) is 13.1 Å². The molecule has 5 heteroatoms. The van der Waals surface area contributed by atoms with Gasteiger partial charge in [0.25, 0.3) is 5.56 Å². The lowest BCUT2D eigenvalue weighted by molar-refractivity contribution is 0.101. The van der Waals surface area contributed by atoms with Crippen LogP contribution in [0.5, 0.6) is 0 Å². The number of benzene rings is 1. The quantitative estimate of drug-likeness (QED) is 0.709. The summed E-state index contributed by atoms with van der Waals surface area (Å²) in [6, 6.07) is 9.52. The summed E-state index contributed by atoms with van der Waals surface area (Å²) in [4.78, 5) is 30.1. The van der Waals surface area contributed by atoms with Gasteiger partial charge in [0.2, 0.25) is 0 Å². The summed E-state index contributed by atoms with van der Waals surface area (Å²) >= 11 is 0. The molecule has 0 amide bonds. The molecule has 3 rings (SSSR count). The van der Waals surface area contributed by atoms with Crippen molar-refractivity contribution < 1.29 is 4.79 Å². The molecule has 0 spiro atoms. The summed E-state index contributed by atoms with van der Waals surface area (Å²) in [5.41, 5.74) is 1.27. The zero-order valence-electron chi connectivity index (χ0n) is 10.3. The lowest BCUT2D eigenvalue weighted by Crippen LogP contribution is -2.14. The van der Waals surface area contributed by atoms with Crippen LogP contribution in [0.1, 0.15) is 17.4 Å². The summed E-state index contributed by atoms with van der Waals surface area (Å²) in [5.74, 6) is 0.455. The van der Waals surface area contributed by atoms with Gasteiger partial charge in [0.15, 0.2) is 5.78 Å². The van der Waals surface area contributed by atoms with Crippen molar-refractivity contribution >= 4 is 11.3 Å². The lowest BCUT2D eigenvalue weighted by Gasteiger charge is -2.03. The van der Waals surface area contributed by atoms with E-state index >= 15 is 0 Å². The Bertz CT molecular complexity index is 816. The number of hydrogen-bond acceptors (Lipinski definition) is 3. The van der Waals surface area contributed by atoms with Crippen molar-refractivity contribution in [2.45, 2.75) is 6.92 Å². The predicted octanol–water partition coefficient (Wildman–Crippen LogP) is 1.89. The Hall–Kier alpha value is -2.69. The largest absolute Gasteiger partial charge is 0.316 e. The molecule has 0 radical (unpaired) electrons. The molecular formula is C14H11N3O2. The number of nitrogens with zero attached hydrogens (tertiary/aromatic N) is 2. The third-order valence-corrected chi connectivity index (χ3v) is 2.95. The summed E-state index contributed by atoms with van der Waals surface area (Å²) < 4.78 is 1.64. The monoisotopic (exact) mass is 253 g/mol. The van der Waals surface area contributed by atoms with Gasteiger partial charge in [0.05, 0.1) is 6.20 Å². The van der Waals surface area contributed by atoms with E-state index in [2.05, 4.69) is 9.97 Å². The fourth-order valence-corrected chi connectivity index (χ4v) is 1.99. The van der Waals surface area contributed by atoms with Crippen molar-refractivity contribution in [3.05, 3.63) is 58.8 Å². The molecule has 1 aromatic carbocycles. The maximum absolute atomic E-state index is 11.9. The van der Waals surface area contributed by atoms with E-state index in [-0.39, 0.29) is 17.0 Å². The minimum absolute atomic E-state index is 0.188. The summed E-state index contributed by atoms with van der Waals surface area (Å²) in [5, 5.41) is 0. The maximum Gasteiger partial charge on any atom is 0.274 e. The van der Waals surface area contributed by atoms with Gasteiger partial charge in [0, 0.05) is 18.7 Å². The third-order valence-electron chi connectivity index (χ3n) is 2.95. The first-order valence-electron chi connectivity index (χ1n) is 5.83. The van der Waals surface area contributed by atoms with Crippen LogP contribution in [-0.4, -0.2) is 20.2 Å². The van der Waals surface area contributed by atoms with Crippen molar-refractivity contribution in [1.82, 2.24) is 14.4 Å². The average Bonchev–Trinajstić information content (AvgIpc) is 2.84. The fourth-order valence-electron chi connectivity index (χ4n) is 1.99. The number of rotatable bonds is 2. The molecule has 2 aromatic heterocycles. The van der Waals surface area contributed by atoms with Gasteiger partial charge in [-0.05, 0) is 0 Å². The molecule has 0 aliphatic rings. The number of H-pyrrole nitrogens is 1. The van der Waals surface area contributed by atoms with Crippen molar-refractivity contribution in [3.8, 4) is 11.4 Å². The Labute approximate surface area is 108 Å². The minimum atomic E-state index is -0.317. The van der Waals surface area contributed by atoms with Gasteiger partial charge in [-0.15, -0.1) is 0 Å². The van der Waals surface area contributed by atoms with Crippen LogP contribution in [0.25, 0.3) is 16.9 Å². The van der Waals surface area contributed by atoms with Crippen LogP contribution in [0.3, 0.4) is 0 Å². The van der Waals surface area contributed by atoms with E-state index in [0.717, 1.165) is 5.56 Å². The van der Waals surface area contributed by atoms with E-state index in [9.17, 15) is 9.59 Å². The van der Waals surface area contributed by atoms with E-state index in [4.69, 9.17) is 0 Å². The number of hydrogen-bond donors (Lipinski definition) is 1. The van der Waals surface area contributed by atoms with Crippen LogP contribution in [0, 0.1) is 0 Å².